The highest BCUT2D eigenvalue weighted by atomic mass is 35.5. The van der Waals surface area contributed by atoms with Crippen molar-refractivity contribution in [3.05, 3.63) is 77.0 Å². The van der Waals surface area contributed by atoms with Crippen molar-refractivity contribution in [1.82, 2.24) is 9.55 Å². The molecule has 0 fully saturated rings. The van der Waals surface area contributed by atoms with Crippen LogP contribution in [0.15, 0.2) is 55.0 Å². The Morgan fingerprint density at radius 2 is 2.11 bits per heavy atom. The second-order valence-corrected chi connectivity index (χ2v) is 6.33. The van der Waals surface area contributed by atoms with Gasteiger partial charge in [-0.2, -0.15) is 0 Å². The van der Waals surface area contributed by atoms with Crippen LogP contribution in [0.1, 0.15) is 21.7 Å². The van der Waals surface area contributed by atoms with Gasteiger partial charge in [-0.05, 0) is 29.8 Å². The first kappa shape index (κ1) is 21.1. The van der Waals surface area contributed by atoms with Gasteiger partial charge in [0.25, 0.3) is 0 Å². The number of hydrogen-bond acceptors (Lipinski definition) is 6. The molecule has 0 aliphatic heterocycles. The Morgan fingerprint density at radius 3 is 2.79 bits per heavy atom. The van der Waals surface area contributed by atoms with Crippen LogP contribution in [0.5, 0.6) is 11.5 Å². The summed E-state index contributed by atoms with van der Waals surface area (Å²) in [7, 11) is 1.21. The number of ether oxygens (including phenoxy) is 1. The molecule has 0 bridgehead atoms. The van der Waals surface area contributed by atoms with Crippen molar-refractivity contribution < 1.29 is 19.7 Å². The summed E-state index contributed by atoms with van der Waals surface area (Å²) >= 11 is 6.17. The normalized spacial score (nSPS) is 11.4. The van der Waals surface area contributed by atoms with Gasteiger partial charge in [-0.15, -0.1) is 0 Å². The quantitative estimate of drug-likeness (QED) is 0.461. The minimum Gasteiger partial charge on any atom is -0.507 e. The Morgan fingerprint density at radius 1 is 1.36 bits per heavy atom. The lowest BCUT2D eigenvalue weighted by Crippen LogP contribution is -2.10. The number of allylic oxidation sites excluding steroid dienone is 4. The van der Waals surface area contributed by atoms with Crippen molar-refractivity contribution in [3.63, 3.8) is 0 Å². The number of imidazole rings is 1. The zero-order chi connectivity index (χ0) is 20.7. The molecule has 8 heteroatoms. The zero-order valence-corrected chi connectivity index (χ0v) is 16.2. The molecule has 148 valence electrons. The number of rotatable bonds is 8. The molecule has 0 saturated carbocycles. The molecule has 0 atom stereocenters. The molecule has 2 rings (SSSR count). The molecular formula is C20H22ClN3O4. The molecule has 0 unspecified atom stereocenters. The zero-order valence-electron chi connectivity index (χ0n) is 15.4. The first-order valence-electron chi connectivity index (χ1n) is 8.43. The van der Waals surface area contributed by atoms with Crippen molar-refractivity contribution >= 4 is 17.6 Å². The standard InChI is InChI=1S/C20H22ClN3O4/c1-13(5-3-4-8-22)12-24-10-9-23-17(24)7-6-14-18(20(27)28-2)15(25)11-16(26)19(14)21/h3-5,8-11,25-26H,1,6-7,12,22H2,2H3/b5-3-,8-4-. The van der Waals surface area contributed by atoms with Crippen LogP contribution < -0.4 is 5.73 Å². The van der Waals surface area contributed by atoms with E-state index in [1.165, 1.54) is 13.3 Å². The van der Waals surface area contributed by atoms with Crippen molar-refractivity contribution in [2.24, 2.45) is 5.73 Å². The Hall–Kier alpha value is -3.19. The molecule has 4 N–H and O–H groups in total. The molecule has 1 heterocycles. The highest BCUT2D eigenvalue weighted by Gasteiger charge is 2.23. The van der Waals surface area contributed by atoms with Gasteiger partial charge in [0, 0.05) is 31.4 Å². The fourth-order valence-corrected chi connectivity index (χ4v) is 2.97. The first-order chi connectivity index (χ1) is 13.4. The third-order valence-corrected chi connectivity index (χ3v) is 4.46. The van der Waals surface area contributed by atoms with Crippen LogP contribution in [0.3, 0.4) is 0 Å². The third-order valence-electron chi connectivity index (χ3n) is 4.04. The van der Waals surface area contributed by atoms with Gasteiger partial charge in [0.05, 0.1) is 12.1 Å². The molecule has 0 aliphatic carbocycles. The maximum Gasteiger partial charge on any atom is 0.341 e. The highest BCUT2D eigenvalue weighted by Crippen LogP contribution is 2.37. The number of carbonyl (C=O) groups excluding carboxylic acids is 1. The van der Waals surface area contributed by atoms with Crippen molar-refractivity contribution in [2.45, 2.75) is 19.4 Å². The number of halogens is 1. The first-order valence-corrected chi connectivity index (χ1v) is 8.81. The summed E-state index contributed by atoms with van der Waals surface area (Å²) < 4.78 is 6.63. The highest BCUT2D eigenvalue weighted by molar-refractivity contribution is 6.33. The minimum atomic E-state index is -0.732. The van der Waals surface area contributed by atoms with Crippen LogP contribution in [-0.4, -0.2) is 32.8 Å². The lowest BCUT2D eigenvalue weighted by molar-refractivity contribution is 0.0596. The molecule has 0 radical (unpaired) electrons. The van der Waals surface area contributed by atoms with Crippen LogP contribution in [-0.2, 0) is 24.1 Å². The maximum atomic E-state index is 12.0. The smallest absolute Gasteiger partial charge is 0.341 e. The average molecular weight is 404 g/mol. The van der Waals surface area contributed by atoms with Crippen molar-refractivity contribution in [3.8, 4) is 11.5 Å². The van der Waals surface area contributed by atoms with Gasteiger partial charge >= 0.3 is 5.97 Å². The second kappa shape index (κ2) is 9.66. The summed E-state index contributed by atoms with van der Waals surface area (Å²) in [5.41, 5.74) is 6.37. The maximum absolute atomic E-state index is 12.0. The predicted octanol–water partition coefficient (Wildman–Crippen LogP) is 3.10. The number of methoxy groups -OCH3 is 1. The summed E-state index contributed by atoms with van der Waals surface area (Å²) in [6.07, 6.45) is 10.9. The Balaban J connectivity index is 2.23. The van der Waals surface area contributed by atoms with Crippen LogP contribution in [0, 0.1) is 0 Å². The van der Waals surface area contributed by atoms with Crippen LogP contribution in [0.2, 0.25) is 5.02 Å². The van der Waals surface area contributed by atoms with E-state index in [9.17, 15) is 15.0 Å². The summed E-state index contributed by atoms with van der Waals surface area (Å²) in [6.45, 7) is 4.51. The van der Waals surface area contributed by atoms with E-state index in [0.717, 1.165) is 17.5 Å². The van der Waals surface area contributed by atoms with Crippen LogP contribution in [0.4, 0.5) is 0 Å². The van der Waals surface area contributed by atoms with E-state index >= 15 is 0 Å². The van der Waals surface area contributed by atoms with E-state index in [-0.39, 0.29) is 22.8 Å². The number of aromatic nitrogens is 2. The number of benzene rings is 1. The molecule has 0 amide bonds. The van der Waals surface area contributed by atoms with Gasteiger partial charge in [-0.25, -0.2) is 9.78 Å². The molecule has 0 aliphatic rings. The summed E-state index contributed by atoms with van der Waals surface area (Å²) in [5, 5.41) is 20.0. The number of nitrogens with zero attached hydrogens (tertiary/aromatic N) is 2. The SMILES string of the molecule is C=C(/C=C\C=C/N)Cn1ccnc1CCc1c(Cl)c(O)cc(O)c1C(=O)OC. The van der Waals surface area contributed by atoms with Gasteiger partial charge in [-0.1, -0.05) is 30.3 Å². The largest absolute Gasteiger partial charge is 0.507 e. The molecule has 2 aromatic rings. The van der Waals surface area contributed by atoms with Gasteiger partial charge in [0.2, 0.25) is 0 Å². The molecule has 1 aromatic carbocycles. The fourth-order valence-electron chi connectivity index (χ4n) is 2.72. The number of phenols is 2. The third kappa shape index (κ3) is 4.95. The molecule has 0 spiro atoms. The Kier molecular flexibility index (Phi) is 7.28. The number of nitrogens with two attached hydrogens (primary N) is 1. The average Bonchev–Trinajstić information content (AvgIpc) is 3.09. The van der Waals surface area contributed by atoms with Gasteiger partial charge < -0.3 is 25.3 Å². The van der Waals surface area contributed by atoms with E-state index in [1.54, 1.807) is 18.3 Å². The number of aromatic hydroxyl groups is 2. The van der Waals surface area contributed by atoms with E-state index in [4.69, 9.17) is 22.1 Å². The van der Waals surface area contributed by atoms with E-state index in [1.807, 2.05) is 16.8 Å². The predicted molar refractivity (Wildman–Crippen MR) is 107 cm³/mol. The Labute approximate surface area is 168 Å². The minimum absolute atomic E-state index is 0.00257. The van der Waals surface area contributed by atoms with E-state index in [0.29, 0.717) is 18.5 Å². The lowest BCUT2D eigenvalue weighted by atomic mass is 10.0. The summed E-state index contributed by atoms with van der Waals surface area (Å²) in [5.74, 6) is -0.696. The van der Waals surface area contributed by atoms with Gasteiger partial charge in [0.15, 0.2) is 0 Å². The number of esters is 1. The number of carbonyl (C=O) groups is 1. The number of hydrogen-bond donors (Lipinski definition) is 3. The number of phenolic OH excluding ortho intramolecular Hbond substituents is 2. The summed E-state index contributed by atoms with van der Waals surface area (Å²) in [6, 6.07) is 1.02. The van der Waals surface area contributed by atoms with Gasteiger partial charge in [0.1, 0.15) is 22.9 Å². The molecule has 28 heavy (non-hydrogen) atoms. The fraction of sp³-hybridized carbons (Fsp3) is 0.200. The van der Waals surface area contributed by atoms with Crippen LogP contribution >= 0.6 is 11.6 Å². The monoisotopic (exact) mass is 403 g/mol. The number of aryl methyl sites for hydroxylation is 1. The summed E-state index contributed by atoms with van der Waals surface area (Å²) in [4.78, 5) is 16.4. The Bertz CT molecular complexity index is 932. The topological polar surface area (TPSA) is 111 Å². The molecule has 1 aromatic heterocycles. The molecular weight excluding hydrogens is 382 g/mol. The van der Waals surface area contributed by atoms with Crippen LogP contribution in [0.25, 0.3) is 0 Å². The molecule has 7 nitrogen and oxygen atoms in total. The van der Waals surface area contributed by atoms with Crippen molar-refractivity contribution in [2.75, 3.05) is 7.11 Å². The van der Waals surface area contributed by atoms with E-state index in [2.05, 4.69) is 11.6 Å². The van der Waals surface area contributed by atoms with Gasteiger partial charge in [-0.3, -0.25) is 0 Å². The van der Waals surface area contributed by atoms with Crippen molar-refractivity contribution in [1.29, 1.82) is 0 Å². The second-order valence-electron chi connectivity index (χ2n) is 5.95. The lowest BCUT2D eigenvalue weighted by Gasteiger charge is -2.14. The van der Waals surface area contributed by atoms with E-state index < -0.39 is 11.7 Å². The molecule has 0 saturated heterocycles.